The molecule has 5 rings (SSSR count). The fourth-order valence-corrected chi connectivity index (χ4v) is 6.18. The van der Waals surface area contributed by atoms with Crippen LogP contribution in [0.2, 0.25) is 0 Å². The fraction of sp³-hybridized carbons (Fsp3) is 0.609. The number of hydrogen-bond acceptors (Lipinski definition) is 5. The molecule has 3 unspecified atom stereocenters. The summed E-state index contributed by atoms with van der Waals surface area (Å²) >= 11 is 0. The zero-order valence-corrected chi connectivity index (χ0v) is 17.3. The second-order valence-corrected chi connectivity index (χ2v) is 9.46. The van der Waals surface area contributed by atoms with Crippen molar-refractivity contribution in [3.05, 3.63) is 34.9 Å². The van der Waals surface area contributed by atoms with Crippen molar-refractivity contribution in [2.75, 3.05) is 6.54 Å². The molecule has 1 aromatic carbocycles. The van der Waals surface area contributed by atoms with Gasteiger partial charge in [-0.15, -0.1) is 0 Å². The van der Waals surface area contributed by atoms with Gasteiger partial charge in [0.25, 0.3) is 5.91 Å². The lowest BCUT2D eigenvalue weighted by molar-refractivity contribution is -0.136. The van der Waals surface area contributed by atoms with Gasteiger partial charge in [0.1, 0.15) is 6.04 Å². The fourth-order valence-electron chi connectivity index (χ4n) is 6.18. The molecule has 2 saturated carbocycles. The summed E-state index contributed by atoms with van der Waals surface area (Å²) in [6.45, 7) is 1.77. The first-order valence-electron chi connectivity index (χ1n) is 11.2. The highest BCUT2D eigenvalue weighted by atomic mass is 16.2. The number of piperidine rings is 1. The molecule has 0 bridgehead atoms. The van der Waals surface area contributed by atoms with Crippen LogP contribution < -0.4 is 16.4 Å². The molecule has 7 nitrogen and oxygen atoms in total. The number of hydrogen-bond donors (Lipinski definition) is 3. The van der Waals surface area contributed by atoms with E-state index >= 15 is 0 Å². The van der Waals surface area contributed by atoms with E-state index < -0.39 is 6.04 Å². The van der Waals surface area contributed by atoms with Gasteiger partial charge in [-0.25, -0.2) is 0 Å². The van der Waals surface area contributed by atoms with Gasteiger partial charge in [0.15, 0.2) is 0 Å². The van der Waals surface area contributed by atoms with Crippen molar-refractivity contribution in [3.63, 3.8) is 0 Å². The molecule has 4 N–H and O–H groups in total. The van der Waals surface area contributed by atoms with Gasteiger partial charge in [0.2, 0.25) is 11.8 Å². The number of imide groups is 1. The van der Waals surface area contributed by atoms with E-state index in [-0.39, 0.29) is 24.1 Å². The van der Waals surface area contributed by atoms with Gasteiger partial charge >= 0.3 is 0 Å². The molecule has 3 fully saturated rings. The van der Waals surface area contributed by atoms with Crippen molar-refractivity contribution >= 4 is 17.7 Å². The summed E-state index contributed by atoms with van der Waals surface area (Å²) < 4.78 is 0. The number of carbonyl (C=O) groups is 3. The highest BCUT2D eigenvalue weighted by Crippen LogP contribution is 2.55. The number of rotatable bonds is 5. The van der Waals surface area contributed by atoms with Gasteiger partial charge in [-0.05, 0) is 61.1 Å². The average molecular weight is 411 g/mol. The monoisotopic (exact) mass is 410 g/mol. The number of carbonyl (C=O) groups excluding carboxylic acids is 3. The summed E-state index contributed by atoms with van der Waals surface area (Å²) in [4.78, 5) is 38.7. The zero-order valence-electron chi connectivity index (χ0n) is 17.3. The molecule has 1 spiro atoms. The molecular weight excluding hydrogens is 380 g/mol. The molecule has 30 heavy (non-hydrogen) atoms. The SMILES string of the molecule is NCC1CCC2(CCC2)C1NCc1cccc2c1C(=O)N(C1CCC(=O)NC1=O)C2. The largest absolute Gasteiger partial charge is 0.330 e. The summed E-state index contributed by atoms with van der Waals surface area (Å²) in [5, 5.41) is 6.14. The lowest BCUT2D eigenvalue weighted by Crippen LogP contribution is -2.52. The second-order valence-electron chi connectivity index (χ2n) is 9.46. The van der Waals surface area contributed by atoms with Gasteiger partial charge < -0.3 is 16.0 Å². The molecule has 7 heteroatoms. The Morgan fingerprint density at radius 1 is 1.17 bits per heavy atom. The standard InChI is InChI=1S/C23H30N4O3/c24-11-14-7-10-23(8-2-9-23)20(14)25-12-15-3-1-4-16-13-27(22(30)19(15)16)17-5-6-18(28)26-21(17)29/h1,3-4,14,17,20,25H,2,5-13,24H2,(H,26,28,29). The van der Waals surface area contributed by atoms with Crippen LogP contribution >= 0.6 is 0 Å². The zero-order chi connectivity index (χ0) is 20.9. The normalized spacial score (nSPS) is 29.8. The van der Waals surface area contributed by atoms with Crippen LogP contribution in [0.1, 0.15) is 66.4 Å². The van der Waals surface area contributed by atoms with Crippen molar-refractivity contribution in [2.45, 2.75) is 70.1 Å². The van der Waals surface area contributed by atoms with Crippen molar-refractivity contribution in [3.8, 4) is 0 Å². The van der Waals surface area contributed by atoms with E-state index in [0.717, 1.165) is 16.7 Å². The van der Waals surface area contributed by atoms with Crippen LogP contribution in [0.15, 0.2) is 18.2 Å². The number of amides is 3. The average Bonchev–Trinajstić information content (AvgIpc) is 3.25. The van der Waals surface area contributed by atoms with E-state index in [1.165, 1.54) is 32.1 Å². The smallest absolute Gasteiger partial charge is 0.255 e. The maximum absolute atomic E-state index is 13.3. The van der Waals surface area contributed by atoms with Gasteiger partial charge in [0.05, 0.1) is 0 Å². The van der Waals surface area contributed by atoms with Gasteiger partial charge in [-0.2, -0.15) is 0 Å². The van der Waals surface area contributed by atoms with Crippen LogP contribution in [0.5, 0.6) is 0 Å². The number of benzene rings is 1. The Labute approximate surface area is 176 Å². The Hall–Kier alpha value is -2.25. The Morgan fingerprint density at radius 3 is 2.70 bits per heavy atom. The molecule has 1 saturated heterocycles. The van der Waals surface area contributed by atoms with Crippen molar-refractivity contribution < 1.29 is 14.4 Å². The summed E-state index contributed by atoms with van der Waals surface area (Å²) in [7, 11) is 0. The third-order valence-electron chi connectivity index (χ3n) is 7.95. The molecule has 0 radical (unpaired) electrons. The first kappa shape index (κ1) is 19.7. The molecule has 3 atom stereocenters. The molecule has 160 valence electrons. The maximum Gasteiger partial charge on any atom is 0.255 e. The quantitative estimate of drug-likeness (QED) is 0.637. The Bertz CT molecular complexity index is 894. The molecular formula is C23H30N4O3. The first-order chi connectivity index (χ1) is 14.5. The minimum Gasteiger partial charge on any atom is -0.330 e. The highest BCUT2D eigenvalue weighted by Gasteiger charge is 2.51. The molecule has 2 aliphatic carbocycles. The third kappa shape index (κ3) is 3.06. The molecule has 2 heterocycles. The number of nitrogens with two attached hydrogens (primary N) is 1. The Balaban J connectivity index is 1.34. The maximum atomic E-state index is 13.3. The molecule has 1 aromatic rings. The van der Waals surface area contributed by atoms with Crippen LogP contribution in [0.25, 0.3) is 0 Å². The van der Waals surface area contributed by atoms with E-state index in [1.54, 1.807) is 4.90 Å². The summed E-state index contributed by atoms with van der Waals surface area (Å²) in [6.07, 6.45) is 6.95. The third-order valence-corrected chi connectivity index (χ3v) is 7.95. The van der Waals surface area contributed by atoms with E-state index in [1.807, 2.05) is 18.2 Å². The van der Waals surface area contributed by atoms with Gasteiger partial charge in [0, 0.05) is 31.1 Å². The van der Waals surface area contributed by atoms with Crippen LogP contribution in [-0.2, 0) is 22.7 Å². The van der Waals surface area contributed by atoms with E-state index in [0.29, 0.717) is 43.4 Å². The predicted octanol–water partition coefficient (Wildman–Crippen LogP) is 1.44. The van der Waals surface area contributed by atoms with E-state index in [2.05, 4.69) is 10.6 Å². The van der Waals surface area contributed by atoms with Crippen molar-refractivity contribution in [2.24, 2.45) is 17.1 Å². The van der Waals surface area contributed by atoms with E-state index in [9.17, 15) is 14.4 Å². The van der Waals surface area contributed by atoms with Gasteiger partial charge in [-0.3, -0.25) is 19.7 Å². The van der Waals surface area contributed by atoms with Crippen molar-refractivity contribution in [1.29, 1.82) is 0 Å². The van der Waals surface area contributed by atoms with Crippen LogP contribution in [0.4, 0.5) is 0 Å². The summed E-state index contributed by atoms with van der Waals surface area (Å²) in [6, 6.07) is 5.81. The Kier molecular flexibility index (Phi) is 4.90. The molecule has 2 aliphatic heterocycles. The minimum atomic E-state index is -0.571. The van der Waals surface area contributed by atoms with Crippen LogP contribution in [0.3, 0.4) is 0 Å². The van der Waals surface area contributed by atoms with Crippen LogP contribution in [-0.4, -0.2) is 41.2 Å². The molecule has 0 aromatic heterocycles. The highest BCUT2D eigenvalue weighted by molar-refractivity contribution is 6.05. The predicted molar refractivity (Wildman–Crippen MR) is 111 cm³/mol. The first-order valence-corrected chi connectivity index (χ1v) is 11.2. The molecule has 3 amide bonds. The van der Waals surface area contributed by atoms with Gasteiger partial charge in [-0.1, -0.05) is 24.6 Å². The number of fused-ring (bicyclic) bond motifs is 1. The summed E-state index contributed by atoms with van der Waals surface area (Å²) in [5.74, 6) is -0.230. The minimum absolute atomic E-state index is 0.1000. The summed E-state index contributed by atoms with van der Waals surface area (Å²) in [5.41, 5.74) is 9.13. The van der Waals surface area contributed by atoms with Crippen LogP contribution in [0, 0.1) is 11.3 Å². The molecule has 4 aliphatic rings. The topological polar surface area (TPSA) is 105 Å². The Morgan fingerprint density at radius 2 is 2.00 bits per heavy atom. The number of nitrogens with zero attached hydrogens (tertiary/aromatic N) is 1. The second kappa shape index (κ2) is 7.46. The number of nitrogens with one attached hydrogen (secondary N) is 2. The van der Waals surface area contributed by atoms with Crippen molar-refractivity contribution in [1.82, 2.24) is 15.5 Å². The lowest BCUT2D eigenvalue weighted by Gasteiger charge is -2.45. The lowest BCUT2D eigenvalue weighted by atomic mass is 9.64. The van der Waals surface area contributed by atoms with E-state index in [4.69, 9.17) is 5.73 Å².